The van der Waals surface area contributed by atoms with Crippen molar-refractivity contribution in [2.45, 2.75) is 19.7 Å². The van der Waals surface area contributed by atoms with Gasteiger partial charge in [0.15, 0.2) is 0 Å². The highest BCUT2D eigenvalue weighted by Gasteiger charge is 2.15. The summed E-state index contributed by atoms with van der Waals surface area (Å²) < 4.78 is 7.98. The SMILES string of the molecule is Cc1cccc(C)c1Oc1nc2ccccn2c1CCl. The Kier molecular flexibility index (Phi) is 3.36. The summed E-state index contributed by atoms with van der Waals surface area (Å²) in [5.74, 6) is 1.77. The molecule has 3 nitrogen and oxygen atoms in total. The highest BCUT2D eigenvalue weighted by atomic mass is 35.5. The topological polar surface area (TPSA) is 26.5 Å². The molecule has 102 valence electrons. The third kappa shape index (κ3) is 2.14. The molecule has 0 aliphatic rings. The summed E-state index contributed by atoms with van der Waals surface area (Å²) in [6.07, 6.45) is 1.94. The van der Waals surface area contributed by atoms with Gasteiger partial charge in [0.2, 0.25) is 5.88 Å². The van der Waals surface area contributed by atoms with E-state index >= 15 is 0 Å². The number of halogens is 1. The van der Waals surface area contributed by atoms with Crippen LogP contribution in [0.15, 0.2) is 42.6 Å². The van der Waals surface area contributed by atoms with Crippen LogP contribution in [0.5, 0.6) is 11.6 Å². The average Bonchev–Trinajstić information content (AvgIpc) is 2.80. The molecule has 4 heteroatoms. The number of aromatic nitrogens is 2. The molecule has 2 aromatic heterocycles. The van der Waals surface area contributed by atoms with Crippen molar-refractivity contribution in [2.24, 2.45) is 0 Å². The van der Waals surface area contributed by atoms with E-state index in [9.17, 15) is 0 Å². The third-order valence-electron chi connectivity index (χ3n) is 3.33. The highest BCUT2D eigenvalue weighted by molar-refractivity contribution is 6.17. The molecule has 0 fully saturated rings. The summed E-state index contributed by atoms with van der Waals surface area (Å²) in [7, 11) is 0. The Labute approximate surface area is 122 Å². The molecule has 0 radical (unpaired) electrons. The Bertz CT molecular complexity index is 744. The van der Waals surface area contributed by atoms with E-state index in [4.69, 9.17) is 16.3 Å². The standard InChI is InChI=1S/C16H15ClN2O/c1-11-6-5-7-12(2)15(11)20-16-13(10-17)19-9-4-3-8-14(19)18-16/h3-9H,10H2,1-2H3. The summed E-state index contributed by atoms with van der Waals surface area (Å²) in [6, 6.07) is 11.9. The molecule has 0 amide bonds. The van der Waals surface area contributed by atoms with Gasteiger partial charge in [0.1, 0.15) is 17.1 Å². The molecule has 3 rings (SSSR count). The molecule has 0 saturated heterocycles. The van der Waals surface area contributed by atoms with Crippen LogP contribution in [-0.2, 0) is 5.88 Å². The lowest BCUT2D eigenvalue weighted by molar-refractivity contribution is 0.454. The van der Waals surface area contributed by atoms with Crippen molar-refractivity contribution in [3.63, 3.8) is 0 Å². The number of hydrogen-bond acceptors (Lipinski definition) is 2. The van der Waals surface area contributed by atoms with Crippen LogP contribution in [0.25, 0.3) is 5.65 Å². The number of alkyl halides is 1. The van der Waals surface area contributed by atoms with Crippen LogP contribution in [0.2, 0.25) is 0 Å². The summed E-state index contributed by atoms with van der Waals surface area (Å²) >= 11 is 6.06. The number of benzene rings is 1. The van der Waals surface area contributed by atoms with Crippen molar-refractivity contribution in [1.29, 1.82) is 0 Å². The zero-order chi connectivity index (χ0) is 14.1. The van der Waals surface area contributed by atoms with Gasteiger partial charge in [-0.05, 0) is 37.1 Å². The number of aryl methyl sites for hydroxylation is 2. The molecule has 0 N–H and O–H groups in total. The Morgan fingerprint density at radius 1 is 1.10 bits per heavy atom. The predicted molar refractivity (Wildman–Crippen MR) is 80.7 cm³/mol. The number of rotatable bonds is 3. The maximum atomic E-state index is 6.06. The zero-order valence-electron chi connectivity index (χ0n) is 11.4. The Morgan fingerprint density at radius 2 is 1.85 bits per heavy atom. The van der Waals surface area contributed by atoms with Crippen LogP contribution in [0, 0.1) is 13.8 Å². The van der Waals surface area contributed by atoms with Crippen LogP contribution < -0.4 is 4.74 Å². The van der Waals surface area contributed by atoms with Crippen molar-refractivity contribution in [3.8, 4) is 11.6 Å². The minimum Gasteiger partial charge on any atom is -0.437 e. The average molecular weight is 287 g/mol. The fraction of sp³-hybridized carbons (Fsp3) is 0.188. The number of hydrogen-bond donors (Lipinski definition) is 0. The first kappa shape index (κ1) is 13.0. The van der Waals surface area contributed by atoms with Gasteiger partial charge >= 0.3 is 0 Å². The van der Waals surface area contributed by atoms with E-state index in [2.05, 4.69) is 4.98 Å². The molecule has 0 aliphatic heterocycles. The molecule has 0 aliphatic carbocycles. The van der Waals surface area contributed by atoms with E-state index in [1.165, 1.54) is 0 Å². The Hall–Kier alpha value is -2.00. The molecular weight excluding hydrogens is 272 g/mol. The quantitative estimate of drug-likeness (QED) is 0.664. The molecule has 0 saturated carbocycles. The van der Waals surface area contributed by atoms with Crippen LogP contribution in [-0.4, -0.2) is 9.38 Å². The van der Waals surface area contributed by atoms with Crippen LogP contribution in [0.1, 0.15) is 16.8 Å². The molecule has 0 unspecified atom stereocenters. The van der Waals surface area contributed by atoms with E-state index in [1.54, 1.807) is 0 Å². The Morgan fingerprint density at radius 3 is 2.55 bits per heavy atom. The maximum absolute atomic E-state index is 6.06. The van der Waals surface area contributed by atoms with Gasteiger partial charge in [0.05, 0.1) is 5.88 Å². The van der Waals surface area contributed by atoms with Gasteiger partial charge in [0, 0.05) is 6.20 Å². The summed E-state index contributed by atoms with van der Waals surface area (Å²) in [5.41, 5.74) is 3.87. The normalized spacial score (nSPS) is 10.9. The highest BCUT2D eigenvalue weighted by Crippen LogP contribution is 2.31. The fourth-order valence-corrected chi connectivity index (χ4v) is 2.53. The number of imidazole rings is 1. The predicted octanol–water partition coefficient (Wildman–Crippen LogP) is 4.48. The van der Waals surface area contributed by atoms with Crippen molar-refractivity contribution in [1.82, 2.24) is 9.38 Å². The molecule has 0 spiro atoms. The summed E-state index contributed by atoms with van der Waals surface area (Å²) in [6.45, 7) is 4.05. The summed E-state index contributed by atoms with van der Waals surface area (Å²) in [5, 5.41) is 0. The zero-order valence-corrected chi connectivity index (χ0v) is 12.2. The minimum atomic E-state index is 0.353. The first-order valence-electron chi connectivity index (χ1n) is 6.46. The van der Waals surface area contributed by atoms with E-state index in [-0.39, 0.29) is 0 Å². The maximum Gasteiger partial charge on any atom is 0.242 e. The van der Waals surface area contributed by atoms with Crippen molar-refractivity contribution in [2.75, 3.05) is 0 Å². The first-order chi connectivity index (χ1) is 9.70. The van der Waals surface area contributed by atoms with Crippen molar-refractivity contribution >= 4 is 17.2 Å². The van der Waals surface area contributed by atoms with Gasteiger partial charge in [-0.1, -0.05) is 24.3 Å². The molecule has 20 heavy (non-hydrogen) atoms. The molecule has 1 aromatic carbocycles. The number of fused-ring (bicyclic) bond motifs is 1. The van der Waals surface area contributed by atoms with Gasteiger partial charge in [-0.15, -0.1) is 11.6 Å². The van der Waals surface area contributed by atoms with Crippen LogP contribution in [0.4, 0.5) is 0 Å². The molecule has 2 heterocycles. The summed E-state index contributed by atoms with van der Waals surface area (Å²) in [4.78, 5) is 4.52. The van der Waals surface area contributed by atoms with Crippen molar-refractivity contribution < 1.29 is 4.74 Å². The van der Waals surface area contributed by atoms with Gasteiger partial charge < -0.3 is 4.74 Å². The second-order valence-corrected chi connectivity index (χ2v) is 5.02. The Balaban J connectivity index is 2.11. The number of nitrogens with zero attached hydrogens (tertiary/aromatic N) is 2. The molecule has 0 atom stereocenters. The number of pyridine rings is 1. The second-order valence-electron chi connectivity index (χ2n) is 4.75. The van der Waals surface area contributed by atoms with E-state index < -0.39 is 0 Å². The van der Waals surface area contributed by atoms with Crippen molar-refractivity contribution in [3.05, 3.63) is 59.4 Å². The first-order valence-corrected chi connectivity index (χ1v) is 7.00. The lowest BCUT2D eigenvalue weighted by atomic mass is 10.1. The lowest BCUT2D eigenvalue weighted by Crippen LogP contribution is -1.95. The minimum absolute atomic E-state index is 0.353. The van der Waals surface area contributed by atoms with E-state index in [0.29, 0.717) is 11.8 Å². The number of ether oxygens (including phenoxy) is 1. The van der Waals surface area contributed by atoms with E-state index in [0.717, 1.165) is 28.2 Å². The smallest absolute Gasteiger partial charge is 0.242 e. The largest absolute Gasteiger partial charge is 0.437 e. The van der Waals surface area contributed by atoms with Crippen LogP contribution in [0.3, 0.4) is 0 Å². The number of para-hydroxylation sites is 1. The van der Waals surface area contributed by atoms with Gasteiger partial charge in [-0.3, -0.25) is 4.40 Å². The van der Waals surface area contributed by atoms with Gasteiger partial charge in [-0.2, -0.15) is 4.98 Å². The fourth-order valence-electron chi connectivity index (χ4n) is 2.29. The van der Waals surface area contributed by atoms with Crippen LogP contribution >= 0.6 is 11.6 Å². The lowest BCUT2D eigenvalue weighted by Gasteiger charge is -2.10. The molecule has 0 bridgehead atoms. The van der Waals surface area contributed by atoms with Gasteiger partial charge in [0.25, 0.3) is 0 Å². The monoisotopic (exact) mass is 286 g/mol. The molecular formula is C16H15ClN2O. The van der Waals surface area contributed by atoms with E-state index in [1.807, 2.05) is 60.8 Å². The third-order valence-corrected chi connectivity index (χ3v) is 3.58. The second kappa shape index (κ2) is 5.17. The van der Waals surface area contributed by atoms with Gasteiger partial charge in [-0.25, -0.2) is 0 Å². The molecule has 3 aromatic rings.